The van der Waals surface area contributed by atoms with Gasteiger partial charge < -0.3 is 25.6 Å². The Hall–Kier alpha value is -3.75. The lowest BCUT2D eigenvalue weighted by molar-refractivity contribution is -0.159. The molecule has 1 aliphatic rings. The van der Waals surface area contributed by atoms with Crippen LogP contribution in [0.5, 0.6) is 0 Å². The maximum Gasteiger partial charge on any atom is 0.414 e. The van der Waals surface area contributed by atoms with Gasteiger partial charge in [0, 0.05) is 5.69 Å². The van der Waals surface area contributed by atoms with E-state index in [1.807, 2.05) is 30.3 Å². The summed E-state index contributed by atoms with van der Waals surface area (Å²) < 4.78 is 20.0. The summed E-state index contributed by atoms with van der Waals surface area (Å²) in [4.78, 5) is 20.4. The number of benzene rings is 3. The second-order valence-corrected chi connectivity index (χ2v) is 8.64. The highest BCUT2D eigenvalue weighted by molar-refractivity contribution is 6.27. The Morgan fingerprint density at radius 3 is 2.26 bits per heavy atom. The summed E-state index contributed by atoms with van der Waals surface area (Å²) in [6.07, 6.45) is 1.84. The molecule has 0 aromatic heterocycles. The largest absolute Gasteiger partial charge is 0.473 e. The van der Waals surface area contributed by atoms with Gasteiger partial charge in [-0.1, -0.05) is 36.4 Å². The van der Waals surface area contributed by atoms with Gasteiger partial charge in [0.15, 0.2) is 0 Å². The van der Waals surface area contributed by atoms with Crippen LogP contribution in [0.3, 0.4) is 0 Å². The number of nitrogens with zero attached hydrogens (tertiary/aromatic N) is 1. The number of hydrogen-bond acceptors (Lipinski definition) is 5. The Kier molecular flexibility index (Phi) is 8.22. The average Bonchev–Trinajstić information content (AvgIpc) is 3.18. The van der Waals surface area contributed by atoms with Crippen LogP contribution in [0.25, 0.3) is 11.1 Å². The van der Waals surface area contributed by atoms with Crippen LogP contribution in [-0.4, -0.2) is 47.7 Å². The van der Waals surface area contributed by atoms with Crippen molar-refractivity contribution in [2.75, 3.05) is 26.4 Å². The van der Waals surface area contributed by atoms with Gasteiger partial charge in [-0.15, -0.1) is 0 Å². The lowest BCUT2D eigenvalue weighted by Gasteiger charge is -2.31. The molecule has 0 aliphatic carbocycles. The van der Waals surface area contributed by atoms with Crippen molar-refractivity contribution in [2.24, 2.45) is 0 Å². The summed E-state index contributed by atoms with van der Waals surface area (Å²) in [5.41, 5.74) is 11.8. The minimum Gasteiger partial charge on any atom is -0.473 e. The van der Waals surface area contributed by atoms with E-state index in [0.29, 0.717) is 6.61 Å². The number of halogens is 1. The monoisotopic (exact) mass is 480 g/mol. The molecular formula is C27H29FN2O5. The summed E-state index contributed by atoms with van der Waals surface area (Å²) in [5.74, 6) is -3.88. The fourth-order valence-corrected chi connectivity index (χ4v) is 4.24. The molecule has 0 saturated carbocycles. The molecule has 184 valence electrons. The standard InChI is InChI=1S/C25H27FN2O.C2H2O4/c1-28(2)14-4-13-25(21-8-10-22(26)11-9-21)24-12-7-19(15-20(24)17-29-25)18-5-3-6-23(27)16-18;3-1(4)2(5)6/h3,5-12,15-16H,4,13-14,17,27H2,1-2H3;(H,3,4)(H,5,6). The first-order valence-corrected chi connectivity index (χ1v) is 11.1. The van der Waals surface area contributed by atoms with Crippen molar-refractivity contribution in [3.8, 4) is 11.1 Å². The Morgan fingerprint density at radius 2 is 1.66 bits per heavy atom. The van der Waals surface area contributed by atoms with E-state index in [1.165, 1.54) is 23.3 Å². The predicted molar refractivity (Wildman–Crippen MR) is 131 cm³/mol. The molecule has 3 aromatic carbocycles. The molecule has 1 unspecified atom stereocenters. The van der Waals surface area contributed by atoms with Crippen LogP contribution >= 0.6 is 0 Å². The highest BCUT2D eigenvalue weighted by Crippen LogP contribution is 2.46. The number of ether oxygens (including phenoxy) is 1. The van der Waals surface area contributed by atoms with Crippen molar-refractivity contribution < 1.29 is 28.9 Å². The number of nitrogen functional groups attached to an aromatic ring is 1. The third-order valence-electron chi connectivity index (χ3n) is 5.86. The van der Waals surface area contributed by atoms with Gasteiger partial charge in [0.05, 0.1) is 6.61 Å². The van der Waals surface area contributed by atoms with E-state index in [-0.39, 0.29) is 5.82 Å². The van der Waals surface area contributed by atoms with Crippen LogP contribution < -0.4 is 5.73 Å². The van der Waals surface area contributed by atoms with Crippen LogP contribution in [0.4, 0.5) is 10.1 Å². The average molecular weight is 481 g/mol. The highest BCUT2D eigenvalue weighted by atomic mass is 19.1. The molecule has 0 spiro atoms. The van der Waals surface area contributed by atoms with E-state index in [4.69, 9.17) is 30.3 Å². The van der Waals surface area contributed by atoms with Crippen molar-refractivity contribution >= 4 is 17.6 Å². The number of fused-ring (bicyclic) bond motifs is 1. The van der Waals surface area contributed by atoms with Crippen molar-refractivity contribution in [3.63, 3.8) is 0 Å². The van der Waals surface area contributed by atoms with Gasteiger partial charge in [-0.05, 0) is 91.6 Å². The Balaban J connectivity index is 0.000000509. The van der Waals surface area contributed by atoms with E-state index in [9.17, 15) is 4.39 Å². The molecule has 7 nitrogen and oxygen atoms in total. The van der Waals surface area contributed by atoms with Crippen LogP contribution in [0.2, 0.25) is 0 Å². The number of rotatable bonds is 6. The first-order valence-electron chi connectivity index (χ1n) is 11.1. The van der Waals surface area contributed by atoms with Gasteiger partial charge >= 0.3 is 11.9 Å². The summed E-state index contributed by atoms with van der Waals surface area (Å²) in [5, 5.41) is 14.8. The van der Waals surface area contributed by atoms with Gasteiger partial charge in [0.25, 0.3) is 0 Å². The van der Waals surface area contributed by atoms with Gasteiger partial charge in [-0.2, -0.15) is 0 Å². The molecule has 0 radical (unpaired) electrons. The summed E-state index contributed by atoms with van der Waals surface area (Å²) >= 11 is 0. The molecule has 4 rings (SSSR count). The second kappa shape index (κ2) is 11.1. The number of nitrogens with two attached hydrogens (primary N) is 1. The molecular weight excluding hydrogens is 451 g/mol. The van der Waals surface area contributed by atoms with E-state index >= 15 is 0 Å². The molecule has 0 saturated heterocycles. The zero-order chi connectivity index (χ0) is 25.6. The van der Waals surface area contributed by atoms with Crippen molar-refractivity contribution in [1.29, 1.82) is 0 Å². The Morgan fingerprint density at radius 1 is 1.00 bits per heavy atom. The molecule has 8 heteroatoms. The zero-order valence-corrected chi connectivity index (χ0v) is 19.7. The molecule has 0 bridgehead atoms. The quantitative estimate of drug-likeness (QED) is 0.355. The van der Waals surface area contributed by atoms with Gasteiger partial charge in [0.1, 0.15) is 11.4 Å². The first kappa shape index (κ1) is 25.9. The number of carboxylic acids is 2. The molecule has 0 amide bonds. The summed E-state index contributed by atoms with van der Waals surface area (Å²) in [6.45, 7) is 1.52. The van der Waals surface area contributed by atoms with Gasteiger partial charge in [-0.3, -0.25) is 0 Å². The SMILES string of the molecule is CN(C)CCCC1(c2ccc(F)cc2)OCc2cc(-c3cccc(N)c3)ccc21.O=C(O)C(=O)O. The van der Waals surface area contributed by atoms with Crippen LogP contribution in [-0.2, 0) is 26.5 Å². The van der Waals surface area contributed by atoms with E-state index in [2.05, 4.69) is 43.3 Å². The number of hydrogen-bond donors (Lipinski definition) is 3. The molecule has 3 aromatic rings. The van der Waals surface area contributed by atoms with E-state index < -0.39 is 17.5 Å². The first-order chi connectivity index (χ1) is 16.6. The Labute approximate surface area is 203 Å². The zero-order valence-electron chi connectivity index (χ0n) is 19.7. The normalized spacial score (nSPS) is 16.3. The maximum absolute atomic E-state index is 13.6. The van der Waals surface area contributed by atoms with Crippen molar-refractivity contribution in [1.82, 2.24) is 4.90 Å². The van der Waals surface area contributed by atoms with Gasteiger partial charge in [-0.25, -0.2) is 14.0 Å². The fourth-order valence-electron chi connectivity index (χ4n) is 4.24. The predicted octanol–water partition coefficient (Wildman–Crippen LogP) is 4.35. The van der Waals surface area contributed by atoms with E-state index in [1.54, 1.807) is 0 Å². The lowest BCUT2D eigenvalue weighted by Crippen LogP contribution is -2.28. The molecule has 1 heterocycles. The minimum atomic E-state index is -1.82. The topological polar surface area (TPSA) is 113 Å². The van der Waals surface area contributed by atoms with Gasteiger partial charge in [0.2, 0.25) is 0 Å². The number of aliphatic carboxylic acids is 2. The maximum atomic E-state index is 13.6. The molecule has 35 heavy (non-hydrogen) atoms. The molecule has 1 aliphatic heterocycles. The number of carboxylic acid groups (broad SMARTS) is 2. The summed E-state index contributed by atoms with van der Waals surface area (Å²) in [6, 6.07) is 21.2. The fraction of sp³-hybridized carbons (Fsp3) is 0.259. The van der Waals surface area contributed by atoms with Crippen LogP contribution in [0, 0.1) is 5.82 Å². The molecule has 0 fully saturated rings. The van der Waals surface area contributed by atoms with E-state index in [0.717, 1.165) is 41.8 Å². The minimum absolute atomic E-state index is 0.229. The molecule has 4 N–H and O–H groups in total. The second-order valence-electron chi connectivity index (χ2n) is 8.64. The number of carbonyl (C=O) groups is 2. The van der Waals surface area contributed by atoms with Crippen molar-refractivity contribution in [2.45, 2.75) is 25.0 Å². The van der Waals surface area contributed by atoms with Crippen LogP contribution in [0.15, 0.2) is 66.7 Å². The van der Waals surface area contributed by atoms with Crippen molar-refractivity contribution in [3.05, 3.63) is 89.2 Å². The Bertz CT molecular complexity index is 1180. The highest BCUT2D eigenvalue weighted by Gasteiger charge is 2.41. The molecule has 1 atom stereocenters. The number of anilines is 1. The third-order valence-corrected chi connectivity index (χ3v) is 5.86. The third kappa shape index (κ3) is 6.23. The smallest absolute Gasteiger partial charge is 0.414 e. The van der Waals surface area contributed by atoms with Crippen LogP contribution in [0.1, 0.15) is 29.5 Å². The lowest BCUT2D eigenvalue weighted by atomic mass is 9.81. The summed E-state index contributed by atoms with van der Waals surface area (Å²) in [7, 11) is 4.15.